The van der Waals surface area contributed by atoms with E-state index in [2.05, 4.69) is 37.4 Å². The smallest absolute Gasteiger partial charge is 0.328 e. The quantitative estimate of drug-likeness (QED) is 0.470. The van der Waals surface area contributed by atoms with Crippen LogP contribution in [0.25, 0.3) is 0 Å². The number of nitrogens with one attached hydrogen (secondary N) is 2. The molecular formula is C24H35ClN6O2. The van der Waals surface area contributed by atoms with Gasteiger partial charge in [0.1, 0.15) is 11.5 Å². The van der Waals surface area contributed by atoms with Gasteiger partial charge < -0.3 is 20.1 Å². The van der Waals surface area contributed by atoms with Crippen LogP contribution in [0, 0.1) is 0 Å². The maximum atomic E-state index is 6.26. The van der Waals surface area contributed by atoms with Gasteiger partial charge in [0, 0.05) is 24.7 Å². The van der Waals surface area contributed by atoms with Crippen molar-refractivity contribution < 1.29 is 9.47 Å². The van der Waals surface area contributed by atoms with Crippen LogP contribution in [0.5, 0.6) is 17.5 Å². The van der Waals surface area contributed by atoms with Gasteiger partial charge in [-0.05, 0) is 50.9 Å². The third kappa shape index (κ3) is 6.60. The number of rotatable bonds is 9. The zero-order chi connectivity index (χ0) is 23.0. The predicted octanol–water partition coefficient (Wildman–Crippen LogP) is 5.36. The Kier molecular flexibility index (Phi) is 8.45. The number of likely N-dealkylation sites (tertiary alicyclic amines) is 1. The highest BCUT2D eigenvalue weighted by molar-refractivity contribution is 6.32. The SMILES string of the molecule is CCN1CCCC1CNc1nc(NC2CCCCCC2)nc(Oc2ccc(OC)c(Cl)c2)n1. The maximum absolute atomic E-state index is 6.26. The van der Waals surface area contributed by atoms with Gasteiger partial charge in [-0.1, -0.05) is 44.2 Å². The molecule has 1 aliphatic carbocycles. The molecular weight excluding hydrogens is 440 g/mol. The highest BCUT2D eigenvalue weighted by Gasteiger charge is 2.23. The summed E-state index contributed by atoms with van der Waals surface area (Å²) in [7, 11) is 1.58. The lowest BCUT2D eigenvalue weighted by molar-refractivity contribution is 0.276. The summed E-state index contributed by atoms with van der Waals surface area (Å²) in [6, 6.07) is 6.36. The van der Waals surface area contributed by atoms with Gasteiger partial charge >= 0.3 is 6.01 Å². The molecule has 1 aliphatic heterocycles. The molecule has 33 heavy (non-hydrogen) atoms. The summed E-state index contributed by atoms with van der Waals surface area (Å²) >= 11 is 6.26. The zero-order valence-corrected chi connectivity index (χ0v) is 20.4. The standard InChI is InChI=1S/C24H35ClN6O2/c1-3-31-14-8-11-18(31)16-26-22-28-23(27-17-9-6-4-5-7-10-17)30-24(29-22)33-19-12-13-21(32-2)20(25)15-19/h12-13,15,17-18H,3-11,14,16H2,1-2H3,(H2,26,27,28,29,30). The number of methoxy groups -OCH3 is 1. The molecule has 1 aromatic carbocycles. The molecule has 2 aromatic rings. The van der Waals surface area contributed by atoms with Crippen LogP contribution < -0.4 is 20.1 Å². The van der Waals surface area contributed by atoms with Crippen LogP contribution in [-0.4, -0.2) is 58.7 Å². The van der Waals surface area contributed by atoms with Crippen molar-refractivity contribution in [2.45, 2.75) is 70.4 Å². The number of anilines is 2. The van der Waals surface area contributed by atoms with Crippen molar-refractivity contribution in [1.29, 1.82) is 0 Å². The van der Waals surface area contributed by atoms with E-state index in [0.717, 1.165) is 32.5 Å². The summed E-state index contributed by atoms with van der Waals surface area (Å²) < 4.78 is 11.2. The van der Waals surface area contributed by atoms with Crippen molar-refractivity contribution in [3.05, 3.63) is 23.2 Å². The minimum atomic E-state index is 0.239. The van der Waals surface area contributed by atoms with Gasteiger partial charge in [-0.15, -0.1) is 0 Å². The first-order valence-electron chi connectivity index (χ1n) is 12.2. The van der Waals surface area contributed by atoms with Crippen LogP contribution in [0.4, 0.5) is 11.9 Å². The largest absolute Gasteiger partial charge is 0.495 e. The molecule has 9 heteroatoms. The third-order valence-corrected chi connectivity index (χ3v) is 6.83. The number of benzene rings is 1. The second-order valence-electron chi connectivity index (χ2n) is 8.80. The molecule has 1 unspecified atom stereocenters. The average molecular weight is 475 g/mol. The number of halogens is 1. The maximum Gasteiger partial charge on any atom is 0.328 e. The summed E-state index contributed by atoms with van der Waals surface area (Å²) in [5, 5.41) is 7.43. The minimum Gasteiger partial charge on any atom is -0.495 e. The van der Waals surface area contributed by atoms with Gasteiger partial charge in [0.25, 0.3) is 0 Å². The number of hydrogen-bond acceptors (Lipinski definition) is 8. The van der Waals surface area contributed by atoms with E-state index in [1.807, 2.05) is 0 Å². The van der Waals surface area contributed by atoms with Crippen LogP contribution >= 0.6 is 11.6 Å². The minimum absolute atomic E-state index is 0.239. The fraction of sp³-hybridized carbons (Fsp3) is 0.625. The fourth-order valence-corrected chi connectivity index (χ4v) is 4.97. The first kappa shape index (κ1) is 23.8. The molecule has 0 radical (unpaired) electrons. The predicted molar refractivity (Wildman–Crippen MR) is 132 cm³/mol. The second-order valence-corrected chi connectivity index (χ2v) is 9.21. The molecule has 2 aliphatic rings. The van der Waals surface area contributed by atoms with E-state index < -0.39 is 0 Å². The Balaban J connectivity index is 1.52. The highest BCUT2D eigenvalue weighted by Crippen LogP contribution is 2.31. The van der Waals surface area contributed by atoms with E-state index in [1.165, 1.54) is 38.5 Å². The first-order valence-corrected chi connectivity index (χ1v) is 12.5. The van der Waals surface area contributed by atoms with Crippen LogP contribution in [0.3, 0.4) is 0 Å². The van der Waals surface area contributed by atoms with Crippen molar-refractivity contribution in [2.75, 3.05) is 37.4 Å². The van der Waals surface area contributed by atoms with Gasteiger partial charge in [-0.2, -0.15) is 15.0 Å². The monoisotopic (exact) mass is 474 g/mol. The van der Waals surface area contributed by atoms with Crippen molar-refractivity contribution in [3.63, 3.8) is 0 Å². The normalized spacial score (nSPS) is 19.8. The fourth-order valence-electron chi connectivity index (χ4n) is 4.72. The molecule has 1 saturated heterocycles. The van der Waals surface area contributed by atoms with Crippen LogP contribution in [-0.2, 0) is 0 Å². The first-order chi connectivity index (χ1) is 16.1. The molecule has 0 bridgehead atoms. The lowest BCUT2D eigenvalue weighted by Crippen LogP contribution is -2.35. The van der Waals surface area contributed by atoms with E-state index in [9.17, 15) is 0 Å². The molecule has 1 aromatic heterocycles. The summed E-state index contributed by atoms with van der Waals surface area (Å²) in [5.41, 5.74) is 0. The van der Waals surface area contributed by atoms with Gasteiger partial charge in [0.2, 0.25) is 11.9 Å². The molecule has 4 rings (SSSR count). The van der Waals surface area contributed by atoms with Gasteiger partial charge in [0.05, 0.1) is 12.1 Å². The van der Waals surface area contributed by atoms with Crippen LogP contribution in [0.1, 0.15) is 58.3 Å². The molecule has 2 fully saturated rings. The summed E-state index contributed by atoms with van der Waals surface area (Å²) in [6.45, 7) is 5.22. The Labute approximate surface area is 201 Å². The van der Waals surface area contributed by atoms with E-state index in [4.69, 9.17) is 21.1 Å². The zero-order valence-electron chi connectivity index (χ0n) is 19.6. The molecule has 0 amide bonds. The Hall–Kier alpha value is -2.32. The van der Waals surface area contributed by atoms with E-state index in [-0.39, 0.29) is 6.01 Å². The average Bonchev–Trinajstić information content (AvgIpc) is 3.12. The van der Waals surface area contributed by atoms with E-state index in [0.29, 0.717) is 40.5 Å². The Morgan fingerprint density at radius 2 is 1.82 bits per heavy atom. The van der Waals surface area contributed by atoms with Crippen molar-refractivity contribution >= 4 is 23.5 Å². The number of aromatic nitrogens is 3. The third-order valence-electron chi connectivity index (χ3n) is 6.54. The number of ether oxygens (including phenoxy) is 2. The Bertz CT molecular complexity index is 907. The summed E-state index contributed by atoms with van der Waals surface area (Å²) in [6.07, 6.45) is 9.74. The van der Waals surface area contributed by atoms with Crippen molar-refractivity contribution in [1.82, 2.24) is 19.9 Å². The van der Waals surface area contributed by atoms with Gasteiger partial charge in [0.15, 0.2) is 0 Å². The van der Waals surface area contributed by atoms with Crippen molar-refractivity contribution in [2.24, 2.45) is 0 Å². The second kappa shape index (κ2) is 11.7. The summed E-state index contributed by atoms with van der Waals surface area (Å²) in [5.74, 6) is 2.22. The Morgan fingerprint density at radius 1 is 1.03 bits per heavy atom. The molecule has 2 heterocycles. The van der Waals surface area contributed by atoms with Crippen molar-refractivity contribution in [3.8, 4) is 17.5 Å². The molecule has 180 valence electrons. The summed E-state index contributed by atoms with van der Waals surface area (Å²) in [4.78, 5) is 16.3. The molecule has 1 atom stereocenters. The number of hydrogen-bond donors (Lipinski definition) is 2. The molecule has 2 N–H and O–H groups in total. The number of likely N-dealkylation sites (N-methyl/N-ethyl adjacent to an activating group) is 1. The lowest BCUT2D eigenvalue weighted by atomic mass is 10.1. The number of nitrogens with zero attached hydrogens (tertiary/aromatic N) is 4. The highest BCUT2D eigenvalue weighted by atomic mass is 35.5. The Morgan fingerprint density at radius 3 is 2.55 bits per heavy atom. The van der Waals surface area contributed by atoms with E-state index in [1.54, 1.807) is 25.3 Å². The topological polar surface area (TPSA) is 84.4 Å². The molecule has 0 spiro atoms. The lowest BCUT2D eigenvalue weighted by Gasteiger charge is -2.23. The van der Waals surface area contributed by atoms with Gasteiger partial charge in [-0.3, -0.25) is 4.90 Å². The van der Waals surface area contributed by atoms with Gasteiger partial charge in [-0.25, -0.2) is 0 Å². The molecule has 1 saturated carbocycles. The van der Waals surface area contributed by atoms with Crippen LogP contribution in [0.15, 0.2) is 18.2 Å². The van der Waals surface area contributed by atoms with E-state index >= 15 is 0 Å². The van der Waals surface area contributed by atoms with Crippen LogP contribution in [0.2, 0.25) is 5.02 Å². The molecule has 8 nitrogen and oxygen atoms in total.